The molecule has 6 rings (SSSR count). The number of benzene rings is 1. The van der Waals surface area contributed by atoms with E-state index in [4.69, 9.17) is 36.8 Å². The minimum absolute atomic E-state index is 0. The van der Waals surface area contributed by atoms with Crippen LogP contribution in [0.3, 0.4) is 0 Å². The van der Waals surface area contributed by atoms with E-state index in [9.17, 15) is 0 Å². The first-order chi connectivity index (χ1) is 15.5. The summed E-state index contributed by atoms with van der Waals surface area (Å²) >= 11 is 6.79. The molecule has 1 aromatic carbocycles. The molecule has 3 aromatic rings. The fraction of sp³-hybridized carbons (Fsp3) is 0.500. The molecule has 5 heterocycles. The third-order valence-electron chi connectivity index (χ3n) is 7.66. The number of imidazole rings is 1. The number of nitrogens with zero attached hydrogens (tertiary/aromatic N) is 4. The van der Waals surface area contributed by atoms with E-state index in [1.165, 1.54) is 0 Å². The molecular formula is C24H32ClN5O2S2. The van der Waals surface area contributed by atoms with Gasteiger partial charge in [-0.2, -0.15) is 27.0 Å². The number of rotatable bonds is 2. The molecule has 0 unspecified atom stereocenters. The zero-order valence-electron chi connectivity index (χ0n) is 19.5. The molecule has 0 amide bonds. The Kier molecular flexibility index (Phi) is 7.05. The van der Waals surface area contributed by atoms with E-state index < -0.39 is 0 Å². The average molecular weight is 522 g/mol. The molecule has 184 valence electrons. The van der Waals surface area contributed by atoms with E-state index in [1.807, 2.05) is 19.3 Å². The SMILES string of the molecule is Cc1nc(N2CCC3(CC2)CO[C@@H](C)[C@H]3N)n2ccnc2c1-c1ccc2c(c1Cl)OCC2.S.S. The number of aromatic nitrogens is 3. The zero-order chi connectivity index (χ0) is 22.0. The van der Waals surface area contributed by atoms with Crippen molar-refractivity contribution in [3.63, 3.8) is 0 Å². The van der Waals surface area contributed by atoms with Crippen molar-refractivity contribution in [2.45, 2.75) is 45.3 Å². The van der Waals surface area contributed by atoms with Gasteiger partial charge in [-0.25, -0.2) is 9.97 Å². The predicted octanol–water partition coefficient (Wildman–Crippen LogP) is 3.85. The van der Waals surface area contributed by atoms with E-state index in [2.05, 4.69) is 28.4 Å². The molecule has 2 aromatic heterocycles. The van der Waals surface area contributed by atoms with E-state index in [1.54, 1.807) is 0 Å². The maximum absolute atomic E-state index is 6.79. The minimum Gasteiger partial charge on any atom is -0.491 e. The molecule has 0 aliphatic carbocycles. The Morgan fingerprint density at radius 1 is 1.21 bits per heavy atom. The summed E-state index contributed by atoms with van der Waals surface area (Å²) in [5.74, 6) is 1.71. The van der Waals surface area contributed by atoms with Crippen LogP contribution in [0.1, 0.15) is 31.0 Å². The standard InChI is InChI=1S/C24H28ClN5O2.2H2S/c1-14-18(17-4-3-16-5-12-31-20(16)19(17)25)22-27-8-11-30(22)23(28-14)29-9-6-24(7-10-29)13-32-15(2)21(24)26;;/h3-4,8,11,15,21H,5-7,9-10,12-13,26H2,1-2H3;2*1H2/t15-,21+;;/m0../s1. The molecule has 0 bridgehead atoms. The highest BCUT2D eigenvalue weighted by Gasteiger charge is 2.47. The molecule has 1 spiro atoms. The van der Waals surface area contributed by atoms with Gasteiger partial charge in [0.25, 0.3) is 0 Å². The molecule has 3 aliphatic rings. The lowest BCUT2D eigenvalue weighted by atomic mass is 9.73. The summed E-state index contributed by atoms with van der Waals surface area (Å²) in [7, 11) is 0. The van der Waals surface area contributed by atoms with Crippen molar-refractivity contribution >= 4 is 50.2 Å². The van der Waals surface area contributed by atoms with E-state index >= 15 is 0 Å². The number of piperidine rings is 1. The van der Waals surface area contributed by atoms with Crippen LogP contribution in [0.5, 0.6) is 5.75 Å². The molecule has 0 radical (unpaired) electrons. The molecule has 2 atom stereocenters. The highest BCUT2D eigenvalue weighted by molar-refractivity contribution is 7.59. The Balaban J connectivity index is 0.00000137. The third-order valence-corrected chi connectivity index (χ3v) is 8.04. The second-order valence-electron chi connectivity index (χ2n) is 9.40. The maximum Gasteiger partial charge on any atom is 0.211 e. The minimum atomic E-state index is 0. The molecule has 2 fully saturated rings. The van der Waals surface area contributed by atoms with Crippen molar-refractivity contribution < 1.29 is 9.47 Å². The highest BCUT2D eigenvalue weighted by Crippen LogP contribution is 2.44. The van der Waals surface area contributed by atoms with Crippen molar-refractivity contribution in [3.05, 3.63) is 40.8 Å². The number of ether oxygens (including phenoxy) is 2. The van der Waals surface area contributed by atoms with Crippen molar-refractivity contribution in [1.29, 1.82) is 0 Å². The van der Waals surface area contributed by atoms with Crippen LogP contribution in [0.25, 0.3) is 16.8 Å². The number of hydrogen-bond acceptors (Lipinski definition) is 6. The van der Waals surface area contributed by atoms with Gasteiger partial charge in [-0.1, -0.05) is 23.7 Å². The molecular weight excluding hydrogens is 490 g/mol. The topological polar surface area (TPSA) is 77.9 Å². The van der Waals surface area contributed by atoms with Crippen LogP contribution < -0.4 is 15.4 Å². The summed E-state index contributed by atoms with van der Waals surface area (Å²) < 4.78 is 13.8. The van der Waals surface area contributed by atoms with E-state index in [-0.39, 0.29) is 44.6 Å². The van der Waals surface area contributed by atoms with Crippen LogP contribution in [-0.4, -0.2) is 52.8 Å². The van der Waals surface area contributed by atoms with Gasteiger partial charge in [-0.05, 0) is 32.3 Å². The average Bonchev–Trinajstić information content (AvgIpc) is 3.53. The fourth-order valence-electron chi connectivity index (χ4n) is 5.64. The number of anilines is 1. The van der Waals surface area contributed by atoms with E-state index in [0.717, 1.165) is 78.7 Å². The van der Waals surface area contributed by atoms with Gasteiger partial charge in [0.1, 0.15) is 11.4 Å². The Hall–Kier alpha value is -1.65. The van der Waals surface area contributed by atoms with Gasteiger partial charge in [0.05, 0.1) is 30.0 Å². The van der Waals surface area contributed by atoms with Crippen LogP contribution in [-0.2, 0) is 11.2 Å². The van der Waals surface area contributed by atoms with Gasteiger partial charge >= 0.3 is 0 Å². The van der Waals surface area contributed by atoms with Crippen LogP contribution in [0.15, 0.2) is 24.5 Å². The lowest BCUT2D eigenvalue weighted by molar-refractivity contribution is 0.0973. The van der Waals surface area contributed by atoms with Gasteiger partial charge < -0.3 is 20.1 Å². The number of hydrogen-bond donors (Lipinski definition) is 1. The number of fused-ring (bicyclic) bond motifs is 2. The van der Waals surface area contributed by atoms with Gasteiger partial charge in [0.15, 0.2) is 0 Å². The van der Waals surface area contributed by atoms with Crippen molar-refractivity contribution in [2.24, 2.45) is 11.1 Å². The van der Waals surface area contributed by atoms with Crippen LogP contribution in [0.2, 0.25) is 5.02 Å². The van der Waals surface area contributed by atoms with Gasteiger partial charge in [0, 0.05) is 54.5 Å². The van der Waals surface area contributed by atoms with Crippen LogP contribution in [0.4, 0.5) is 5.95 Å². The maximum atomic E-state index is 6.79. The molecule has 3 aliphatic heterocycles. The molecule has 2 N–H and O–H groups in total. The van der Waals surface area contributed by atoms with Crippen molar-refractivity contribution in [1.82, 2.24) is 14.4 Å². The first-order valence-electron chi connectivity index (χ1n) is 11.4. The van der Waals surface area contributed by atoms with Crippen molar-refractivity contribution in [2.75, 3.05) is 31.2 Å². The summed E-state index contributed by atoms with van der Waals surface area (Å²) in [6.07, 6.45) is 6.84. The molecule has 10 heteroatoms. The third kappa shape index (κ3) is 3.76. The summed E-state index contributed by atoms with van der Waals surface area (Å²) in [5, 5.41) is 0.645. The summed E-state index contributed by atoms with van der Waals surface area (Å²) in [6, 6.07) is 4.27. The summed E-state index contributed by atoms with van der Waals surface area (Å²) in [6.45, 7) is 7.35. The highest BCUT2D eigenvalue weighted by atomic mass is 35.5. The van der Waals surface area contributed by atoms with E-state index in [0.29, 0.717) is 11.6 Å². The van der Waals surface area contributed by atoms with Gasteiger partial charge in [-0.3, -0.25) is 4.40 Å². The van der Waals surface area contributed by atoms with Gasteiger partial charge in [-0.15, -0.1) is 0 Å². The first kappa shape index (κ1) is 25.4. The second kappa shape index (κ2) is 9.43. The second-order valence-corrected chi connectivity index (χ2v) is 9.78. The molecule has 7 nitrogen and oxygen atoms in total. The molecule has 2 saturated heterocycles. The van der Waals surface area contributed by atoms with Crippen LogP contribution >= 0.6 is 38.6 Å². The Labute approximate surface area is 218 Å². The number of aryl methyl sites for hydroxylation is 1. The number of nitrogens with two attached hydrogens (primary N) is 1. The summed E-state index contributed by atoms with van der Waals surface area (Å²) in [4.78, 5) is 12.1. The van der Waals surface area contributed by atoms with Crippen LogP contribution in [0, 0.1) is 12.3 Å². The number of halogens is 1. The zero-order valence-corrected chi connectivity index (χ0v) is 22.2. The monoisotopic (exact) mass is 521 g/mol. The Morgan fingerprint density at radius 3 is 2.68 bits per heavy atom. The first-order valence-corrected chi connectivity index (χ1v) is 11.8. The Bertz CT molecular complexity index is 1210. The normalized spacial score (nSPS) is 22.9. The molecule has 0 saturated carbocycles. The quantitative estimate of drug-likeness (QED) is 0.552. The lowest BCUT2D eigenvalue weighted by Gasteiger charge is -2.41. The fourth-order valence-corrected chi connectivity index (χ4v) is 5.97. The van der Waals surface area contributed by atoms with Crippen molar-refractivity contribution in [3.8, 4) is 16.9 Å². The largest absolute Gasteiger partial charge is 0.491 e. The van der Waals surface area contributed by atoms with Gasteiger partial charge in [0.2, 0.25) is 5.95 Å². The summed E-state index contributed by atoms with van der Waals surface area (Å²) in [5.41, 5.74) is 11.4. The smallest absolute Gasteiger partial charge is 0.211 e. The lowest BCUT2D eigenvalue weighted by Crippen LogP contribution is -2.51. The Morgan fingerprint density at radius 2 is 1.97 bits per heavy atom. The predicted molar refractivity (Wildman–Crippen MR) is 145 cm³/mol. The molecule has 34 heavy (non-hydrogen) atoms.